The quantitative estimate of drug-likeness (QED) is 0.574. The number of nitrogens with zero attached hydrogens (tertiary/aromatic N) is 3. The molecule has 0 unspecified atom stereocenters. The first-order valence-electron chi connectivity index (χ1n) is 7.28. The standard InChI is InChI=1S/C18H18N4O/c1-22(2)17-9-3-14(4-10-17)11-20-21-16-7-5-15(6-8-16)18-12-19-13-23-18/h3-13,21H,1-2H3/b20-11-. The van der Waals surface area contributed by atoms with Crippen molar-refractivity contribution >= 4 is 17.6 Å². The van der Waals surface area contributed by atoms with Crippen LogP contribution in [0.2, 0.25) is 0 Å². The molecule has 116 valence electrons. The largest absolute Gasteiger partial charge is 0.444 e. The lowest BCUT2D eigenvalue weighted by molar-refractivity contribution is 0.572. The molecule has 3 aromatic rings. The summed E-state index contributed by atoms with van der Waals surface area (Å²) < 4.78 is 5.26. The Morgan fingerprint density at radius 3 is 2.39 bits per heavy atom. The molecule has 1 heterocycles. The van der Waals surface area contributed by atoms with Crippen molar-refractivity contribution in [1.82, 2.24) is 4.98 Å². The van der Waals surface area contributed by atoms with Crippen molar-refractivity contribution < 1.29 is 4.42 Å². The van der Waals surface area contributed by atoms with Crippen molar-refractivity contribution in [1.29, 1.82) is 0 Å². The van der Waals surface area contributed by atoms with E-state index in [1.54, 1.807) is 12.4 Å². The maximum Gasteiger partial charge on any atom is 0.181 e. The molecule has 0 atom stereocenters. The van der Waals surface area contributed by atoms with Gasteiger partial charge >= 0.3 is 0 Å². The van der Waals surface area contributed by atoms with E-state index < -0.39 is 0 Å². The lowest BCUT2D eigenvalue weighted by atomic mass is 10.2. The average Bonchev–Trinajstić information content (AvgIpc) is 3.10. The molecule has 0 amide bonds. The van der Waals surface area contributed by atoms with Gasteiger partial charge in [-0.15, -0.1) is 0 Å². The Morgan fingerprint density at radius 1 is 1.04 bits per heavy atom. The molecule has 3 rings (SSSR count). The first-order valence-corrected chi connectivity index (χ1v) is 7.28. The third kappa shape index (κ3) is 3.77. The van der Waals surface area contributed by atoms with Crippen molar-refractivity contribution in [3.8, 4) is 11.3 Å². The fourth-order valence-electron chi connectivity index (χ4n) is 2.11. The number of rotatable bonds is 5. The van der Waals surface area contributed by atoms with Gasteiger partial charge in [0.05, 0.1) is 18.1 Å². The van der Waals surface area contributed by atoms with E-state index in [1.807, 2.05) is 50.5 Å². The van der Waals surface area contributed by atoms with Crippen molar-refractivity contribution in [2.75, 3.05) is 24.4 Å². The van der Waals surface area contributed by atoms with E-state index in [-0.39, 0.29) is 0 Å². The van der Waals surface area contributed by atoms with Crippen LogP contribution < -0.4 is 10.3 Å². The molecule has 0 spiro atoms. The molecule has 0 aliphatic rings. The lowest BCUT2D eigenvalue weighted by Gasteiger charge is -2.11. The molecule has 1 N–H and O–H groups in total. The van der Waals surface area contributed by atoms with Gasteiger partial charge in [-0.2, -0.15) is 5.10 Å². The van der Waals surface area contributed by atoms with E-state index in [0.717, 1.165) is 28.3 Å². The van der Waals surface area contributed by atoms with Gasteiger partial charge in [-0.25, -0.2) is 4.98 Å². The second-order valence-corrected chi connectivity index (χ2v) is 5.30. The van der Waals surface area contributed by atoms with E-state index in [0.29, 0.717) is 0 Å². The molecule has 0 saturated carbocycles. The Balaban J connectivity index is 1.61. The molecule has 23 heavy (non-hydrogen) atoms. The second kappa shape index (κ2) is 6.79. The van der Waals surface area contributed by atoms with Crippen LogP contribution in [0.5, 0.6) is 0 Å². The Hall–Kier alpha value is -3.08. The number of nitrogens with one attached hydrogen (secondary N) is 1. The van der Waals surface area contributed by atoms with Crippen molar-refractivity contribution in [2.24, 2.45) is 5.10 Å². The highest BCUT2D eigenvalue weighted by molar-refractivity contribution is 5.81. The smallest absolute Gasteiger partial charge is 0.181 e. The minimum absolute atomic E-state index is 0.751. The van der Waals surface area contributed by atoms with Crippen LogP contribution in [0.15, 0.2) is 70.6 Å². The number of aromatic nitrogens is 1. The molecule has 5 nitrogen and oxygen atoms in total. The molecule has 1 aromatic heterocycles. The van der Waals surface area contributed by atoms with Gasteiger partial charge in [0.2, 0.25) is 0 Å². The number of hydrogen-bond donors (Lipinski definition) is 1. The summed E-state index contributed by atoms with van der Waals surface area (Å²) in [6.07, 6.45) is 4.91. The van der Waals surface area contributed by atoms with Gasteiger partial charge in [0.25, 0.3) is 0 Å². The Bertz CT molecular complexity index is 760. The lowest BCUT2D eigenvalue weighted by Crippen LogP contribution is -2.08. The second-order valence-electron chi connectivity index (χ2n) is 5.30. The van der Waals surface area contributed by atoms with Crippen LogP contribution in [0.1, 0.15) is 5.56 Å². The summed E-state index contributed by atoms with van der Waals surface area (Å²) in [7, 11) is 4.04. The zero-order valence-electron chi connectivity index (χ0n) is 13.1. The molecule has 0 fully saturated rings. The summed E-state index contributed by atoms with van der Waals surface area (Å²) in [5, 5.41) is 4.25. The SMILES string of the molecule is CN(C)c1ccc(/C=N\Nc2ccc(-c3cnco3)cc2)cc1. The van der Waals surface area contributed by atoms with Crippen molar-refractivity contribution in [3.05, 3.63) is 66.7 Å². The summed E-state index contributed by atoms with van der Waals surface area (Å²) in [5.74, 6) is 0.751. The molecule has 0 saturated heterocycles. The fourth-order valence-corrected chi connectivity index (χ4v) is 2.11. The molecule has 0 bridgehead atoms. The van der Waals surface area contributed by atoms with E-state index in [4.69, 9.17) is 4.42 Å². The molecule has 0 radical (unpaired) electrons. The number of anilines is 2. The van der Waals surface area contributed by atoms with Crippen LogP contribution in [0.3, 0.4) is 0 Å². The maximum atomic E-state index is 5.26. The van der Waals surface area contributed by atoms with Gasteiger partial charge in [-0.3, -0.25) is 5.43 Å². The van der Waals surface area contributed by atoms with Crippen molar-refractivity contribution in [2.45, 2.75) is 0 Å². The predicted octanol–water partition coefficient (Wildman–Crippen LogP) is 3.85. The van der Waals surface area contributed by atoms with Crippen LogP contribution in [0.25, 0.3) is 11.3 Å². The summed E-state index contributed by atoms with van der Waals surface area (Å²) in [5.41, 5.74) is 7.12. The van der Waals surface area contributed by atoms with Gasteiger partial charge in [0.15, 0.2) is 12.2 Å². The van der Waals surface area contributed by atoms with Gasteiger partial charge in [0, 0.05) is 25.3 Å². The summed E-state index contributed by atoms with van der Waals surface area (Å²) >= 11 is 0. The Morgan fingerprint density at radius 2 is 1.78 bits per heavy atom. The third-order valence-electron chi connectivity index (χ3n) is 3.42. The van der Waals surface area contributed by atoms with Crippen LogP contribution in [-0.2, 0) is 0 Å². The van der Waals surface area contributed by atoms with Gasteiger partial charge in [0.1, 0.15) is 0 Å². The number of hydrazone groups is 1. The normalized spacial score (nSPS) is 10.9. The molecule has 2 aromatic carbocycles. The number of oxazole rings is 1. The predicted molar refractivity (Wildman–Crippen MR) is 93.9 cm³/mol. The van der Waals surface area contributed by atoms with E-state index in [1.165, 1.54) is 6.39 Å². The van der Waals surface area contributed by atoms with Crippen molar-refractivity contribution in [3.63, 3.8) is 0 Å². The third-order valence-corrected chi connectivity index (χ3v) is 3.42. The minimum Gasteiger partial charge on any atom is -0.444 e. The van der Waals surface area contributed by atoms with Crippen LogP contribution in [0, 0.1) is 0 Å². The zero-order valence-corrected chi connectivity index (χ0v) is 13.1. The molecular weight excluding hydrogens is 288 g/mol. The van der Waals surface area contributed by atoms with Crippen LogP contribution in [0.4, 0.5) is 11.4 Å². The zero-order chi connectivity index (χ0) is 16.1. The van der Waals surface area contributed by atoms with Gasteiger partial charge < -0.3 is 9.32 Å². The molecular formula is C18H18N4O. The Labute approximate surface area is 135 Å². The highest BCUT2D eigenvalue weighted by atomic mass is 16.3. The first kappa shape index (κ1) is 14.8. The number of benzene rings is 2. The summed E-state index contributed by atoms with van der Waals surface area (Å²) in [6, 6.07) is 16.0. The van der Waals surface area contributed by atoms with E-state index in [9.17, 15) is 0 Å². The highest BCUT2D eigenvalue weighted by Gasteiger charge is 2.00. The van der Waals surface area contributed by atoms with Crippen LogP contribution in [-0.4, -0.2) is 25.3 Å². The minimum atomic E-state index is 0.751. The summed E-state index contributed by atoms with van der Waals surface area (Å²) in [6.45, 7) is 0. The Kier molecular flexibility index (Phi) is 4.38. The number of hydrogen-bond acceptors (Lipinski definition) is 5. The molecule has 0 aliphatic heterocycles. The highest BCUT2D eigenvalue weighted by Crippen LogP contribution is 2.20. The summed E-state index contributed by atoms with van der Waals surface area (Å²) in [4.78, 5) is 5.98. The molecule has 0 aliphatic carbocycles. The molecule has 5 heteroatoms. The maximum absolute atomic E-state index is 5.26. The van der Waals surface area contributed by atoms with E-state index in [2.05, 4.69) is 32.5 Å². The first-order chi connectivity index (χ1) is 11.2. The van der Waals surface area contributed by atoms with Gasteiger partial charge in [-0.05, 0) is 42.0 Å². The fraction of sp³-hybridized carbons (Fsp3) is 0.111. The average molecular weight is 306 g/mol. The van der Waals surface area contributed by atoms with E-state index >= 15 is 0 Å². The topological polar surface area (TPSA) is 53.7 Å². The van der Waals surface area contributed by atoms with Gasteiger partial charge in [-0.1, -0.05) is 12.1 Å². The van der Waals surface area contributed by atoms with Crippen LogP contribution >= 0.6 is 0 Å². The monoisotopic (exact) mass is 306 g/mol.